The minimum Gasteiger partial charge on any atom is -0.497 e. The Hall–Kier alpha value is -3.72. The fourth-order valence-corrected chi connectivity index (χ4v) is 3.73. The van der Waals surface area contributed by atoms with Crippen LogP contribution in [0.15, 0.2) is 54.6 Å². The predicted octanol–water partition coefficient (Wildman–Crippen LogP) is 3.68. The van der Waals surface area contributed by atoms with E-state index in [9.17, 15) is 14.9 Å². The van der Waals surface area contributed by atoms with Crippen LogP contribution in [0.25, 0.3) is 11.3 Å². The Kier molecular flexibility index (Phi) is 6.18. The number of carbonyl (C=O) groups is 1. The summed E-state index contributed by atoms with van der Waals surface area (Å²) in [5.74, 6) is 1.08. The van der Waals surface area contributed by atoms with Crippen molar-refractivity contribution < 1.29 is 14.5 Å². The van der Waals surface area contributed by atoms with E-state index in [-0.39, 0.29) is 16.3 Å². The minimum absolute atomic E-state index is 0.000383. The van der Waals surface area contributed by atoms with Gasteiger partial charge < -0.3 is 14.5 Å². The lowest BCUT2D eigenvalue weighted by Crippen LogP contribution is -2.49. The van der Waals surface area contributed by atoms with Gasteiger partial charge in [0, 0.05) is 42.8 Å². The summed E-state index contributed by atoms with van der Waals surface area (Å²) in [7, 11) is 1.62. The maximum atomic E-state index is 12.9. The number of nitrogens with zero attached hydrogens (tertiary/aromatic N) is 5. The Morgan fingerprint density at radius 2 is 1.75 bits per heavy atom. The number of carbonyl (C=O) groups excluding carboxylic acids is 1. The number of aromatic nitrogens is 2. The van der Waals surface area contributed by atoms with Crippen LogP contribution in [0, 0.1) is 10.1 Å². The molecule has 32 heavy (non-hydrogen) atoms. The van der Waals surface area contributed by atoms with E-state index < -0.39 is 10.8 Å². The monoisotopic (exact) mass is 453 g/mol. The van der Waals surface area contributed by atoms with E-state index in [1.165, 1.54) is 18.2 Å². The van der Waals surface area contributed by atoms with E-state index in [4.69, 9.17) is 16.3 Å². The number of halogens is 1. The van der Waals surface area contributed by atoms with Crippen LogP contribution in [0.2, 0.25) is 5.02 Å². The standard InChI is InChI=1S/C22H20ClN5O4/c1-32-17-5-2-15(3-6-17)19-7-9-21(25-24-19)26-10-12-27(13-11-26)22(29)18-14-16(23)4-8-20(18)28(30)31/h2-9,14H,10-13H2,1H3. The molecule has 0 radical (unpaired) electrons. The molecule has 0 N–H and O–H groups in total. The molecule has 0 atom stereocenters. The molecule has 2 aromatic carbocycles. The molecule has 0 spiro atoms. The van der Waals surface area contributed by atoms with Crippen molar-refractivity contribution in [3.63, 3.8) is 0 Å². The molecule has 1 amide bonds. The molecule has 1 fully saturated rings. The summed E-state index contributed by atoms with van der Waals surface area (Å²) in [6.07, 6.45) is 0. The maximum absolute atomic E-state index is 12.9. The fourth-order valence-electron chi connectivity index (χ4n) is 3.56. The summed E-state index contributed by atoms with van der Waals surface area (Å²) in [5.41, 5.74) is 1.43. The van der Waals surface area contributed by atoms with Crippen LogP contribution in [0.3, 0.4) is 0 Å². The highest BCUT2D eigenvalue weighted by Crippen LogP contribution is 2.26. The van der Waals surface area contributed by atoms with Gasteiger partial charge in [-0.1, -0.05) is 11.6 Å². The fraction of sp³-hybridized carbons (Fsp3) is 0.227. The van der Waals surface area contributed by atoms with Crippen molar-refractivity contribution in [1.29, 1.82) is 0 Å². The van der Waals surface area contributed by atoms with Gasteiger partial charge in [-0.25, -0.2) is 0 Å². The highest BCUT2D eigenvalue weighted by Gasteiger charge is 2.28. The summed E-state index contributed by atoms with van der Waals surface area (Å²) < 4.78 is 5.17. The number of anilines is 1. The number of nitro benzene ring substituents is 1. The number of amides is 1. The summed E-state index contributed by atoms with van der Waals surface area (Å²) in [6, 6.07) is 15.4. The Morgan fingerprint density at radius 1 is 1.03 bits per heavy atom. The molecule has 0 unspecified atom stereocenters. The Bertz CT molecular complexity index is 1130. The van der Waals surface area contributed by atoms with Crippen molar-refractivity contribution in [3.05, 3.63) is 75.3 Å². The van der Waals surface area contributed by atoms with E-state index >= 15 is 0 Å². The van der Waals surface area contributed by atoms with Crippen LogP contribution in [0.4, 0.5) is 11.5 Å². The first-order chi connectivity index (χ1) is 15.5. The smallest absolute Gasteiger partial charge is 0.282 e. The summed E-state index contributed by atoms with van der Waals surface area (Å²) >= 11 is 5.96. The zero-order valence-corrected chi connectivity index (χ0v) is 18.0. The summed E-state index contributed by atoms with van der Waals surface area (Å²) in [5, 5.41) is 20.2. The van der Waals surface area contributed by atoms with E-state index in [1.807, 2.05) is 41.3 Å². The van der Waals surface area contributed by atoms with Crippen molar-refractivity contribution in [2.75, 3.05) is 38.2 Å². The van der Waals surface area contributed by atoms with Gasteiger partial charge in [-0.15, -0.1) is 10.2 Å². The van der Waals surface area contributed by atoms with Crippen molar-refractivity contribution in [1.82, 2.24) is 15.1 Å². The summed E-state index contributed by atoms with van der Waals surface area (Å²) in [6.45, 7) is 1.89. The SMILES string of the molecule is COc1ccc(-c2ccc(N3CCN(C(=O)c4cc(Cl)ccc4[N+](=O)[O-])CC3)nn2)cc1. The maximum Gasteiger partial charge on any atom is 0.282 e. The van der Waals surface area contributed by atoms with E-state index in [0.717, 1.165) is 17.0 Å². The normalized spacial score (nSPS) is 13.7. The molecule has 0 saturated carbocycles. The number of methoxy groups -OCH3 is 1. The Balaban J connectivity index is 1.42. The number of ether oxygens (including phenoxy) is 1. The van der Waals surface area contributed by atoms with Crippen LogP contribution in [-0.2, 0) is 0 Å². The molecule has 0 bridgehead atoms. The van der Waals surface area contributed by atoms with Gasteiger partial charge in [-0.2, -0.15) is 0 Å². The molecule has 1 aliphatic rings. The van der Waals surface area contributed by atoms with Gasteiger partial charge in [-0.3, -0.25) is 14.9 Å². The highest BCUT2D eigenvalue weighted by molar-refractivity contribution is 6.31. The van der Waals surface area contributed by atoms with Gasteiger partial charge >= 0.3 is 0 Å². The molecule has 1 aromatic heterocycles. The predicted molar refractivity (Wildman–Crippen MR) is 120 cm³/mol. The zero-order valence-electron chi connectivity index (χ0n) is 17.3. The molecule has 1 saturated heterocycles. The quantitative estimate of drug-likeness (QED) is 0.429. The van der Waals surface area contributed by atoms with Crippen LogP contribution >= 0.6 is 11.6 Å². The van der Waals surface area contributed by atoms with Gasteiger partial charge in [0.2, 0.25) is 0 Å². The van der Waals surface area contributed by atoms with Gasteiger partial charge in [-0.05, 0) is 48.5 Å². The first-order valence-corrected chi connectivity index (χ1v) is 10.3. The first-order valence-electron chi connectivity index (χ1n) is 9.92. The third-order valence-corrected chi connectivity index (χ3v) is 5.55. The second-order valence-electron chi connectivity index (χ2n) is 7.20. The third-order valence-electron chi connectivity index (χ3n) is 5.31. The van der Waals surface area contributed by atoms with Gasteiger partial charge in [0.25, 0.3) is 11.6 Å². The van der Waals surface area contributed by atoms with Gasteiger partial charge in [0.1, 0.15) is 11.3 Å². The van der Waals surface area contributed by atoms with E-state index in [1.54, 1.807) is 12.0 Å². The van der Waals surface area contributed by atoms with E-state index in [0.29, 0.717) is 32.0 Å². The van der Waals surface area contributed by atoms with E-state index in [2.05, 4.69) is 10.2 Å². The van der Waals surface area contributed by atoms with Crippen LogP contribution in [0.5, 0.6) is 5.75 Å². The zero-order chi connectivity index (χ0) is 22.7. The van der Waals surface area contributed by atoms with Crippen LogP contribution < -0.4 is 9.64 Å². The Morgan fingerprint density at radius 3 is 2.34 bits per heavy atom. The van der Waals surface area contributed by atoms with Gasteiger partial charge in [0.05, 0.1) is 17.7 Å². The average Bonchev–Trinajstić information content (AvgIpc) is 2.83. The third kappa shape index (κ3) is 4.47. The Labute approximate surface area is 189 Å². The second kappa shape index (κ2) is 9.19. The van der Waals surface area contributed by atoms with Crippen molar-refractivity contribution in [2.45, 2.75) is 0 Å². The lowest BCUT2D eigenvalue weighted by molar-refractivity contribution is -0.385. The largest absolute Gasteiger partial charge is 0.497 e. The second-order valence-corrected chi connectivity index (χ2v) is 7.64. The number of hydrogen-bond acceptors (Lipinski definition) is 7. The number of rotatable bonds is 5. The molecule has 10 heteroatoms. The molecule has 2 heterocycles. The number of piperazine rings is 1. The lowest BCUT2D eigenvalue weighted by atomic mass is 10.1. The summed E-state index contributed by atoms with van der Waals surface area (Å²) in [4.78, 5) is 27.2. The minimum atomic E-state index is -0.570. The molecule has 164 valence electrons. The van der Waals surface area contributed by atoms with Gasteiger partial charge in [0.15, 0.2) is 5.82 Å². The van der Waals surface area contributed by atoms with Crippen molar-refractivity contribution >= 4 is 29.0 Å². The molecular formula is C22H20ClN5O4. The molecule has 1 aliphatic heterocycles. The molecular weight excluding hydrogens is 434 g/mol. The lowest BCUT2D eigenvalue weighted by Gasteiger charge is -2.35. The molecule has 9 nitrogen and oxygen atoms in total. The molecule has 3 aromatic rings. The molecule has 0 aliphatic carbocycles. The van der Waals surface area contributed by atoms with Crippen LogP contribution in [-0.4, -0.2) is 59.2 Å². The average molecular weight is 454 g/mol. The molecule has 4 rings (SSSR count). The first kappa shape index (κ1) is 21.5. The number of benzene rings is 2. The number of hydrogen-bond donors (Lipinski definition) is 0. The topological polar surface area (TPSA) is 102 Å². The van der Waals surface area contributed by atoms with Crippen molar-refractivity contribution in [2.24, 2.45) is 0 Å². The highest BCUT2D eigenvalue weighted by atomic mass is 35.5. The van der Waals surface area contributed by atoms with Crippen molar-refractivity contribution in [3.8, 4) is 17.0 Å². The number of nitro groups is 1. The van der Waals surface area contributed by atoms with Crippen LogP contribution in [0.1, 0.15) is 10.4 Å².